The zero-order chi connectivity index (χ0) is 23.4. The Labute approximate surface area is 182 Å². The highest BCUT2D eigenvalue weighted by Gasteiger charge is 2.30. The lowest BCUT2D eigenvalue weighted by Crippen LogP contribution is -2.33. The summed E-state index contributed by atoms with van der Waals surface area (Å²) in [6.07, 6.45) is -4.69. The molecule has 0 aliphatic rings. The van der Waals surface area contributed by atoms with Gasteiger partial charge in [-0.2, -0.15) is 13.2 Å². The van der Waals surface area contributed by atoms with Crippen molar-refractivity contribution in [3.63, 3.8) is 0 Å². The Kier molecular flexibility index (Phi) is 6.75. The van der Waals surface area contributed by atoms with Crippen molar-refractivity contribution in [3.8, 4) is 0 Å². The first-order chi connectivity index (χ1) is 15.1. The fourth-order valence-electron chi connectivity index (χ4n) is 2.80. The highest BCUT2D eigenvalue weighted by molar-refractivity contribution is 7.89. The number of hydrogen-bond acceptors (Lipinski definition) is 4. The quantitative estimate of drug-likeness (QED) is 0.519. The summed E-state index contributed by atoms with van der Waals surface area (Å²) >= 11 is 0. The highest BCUT2D eigenvalue weighted by Crippen LogP contribution is 2.19. The molecule has 0 atom stereocenters. The molecule has 0 bridgehead atoms. The molecule has 0 aliphatic heterocycles. The Morgan fingerprint density at radius 2 is 1.34 bits per heavy atom. The predicted molar refractivity (Wildman–Crippen MR) is 112 cm³/mol. The first-order valence-electron chi connectivity index (χ1n) is 9.23. The van der Waals surface area contributed by atoms with E-state index in [4.69, 9.17) is 0 Å². The number of carbonyl (C=O) groups excluding carboxylic acids is 2. The second-order valence-electron chi connectivity index (χ2n) is 6.66. The molecule has 0 saturated heterocycles. The normalized spacial score (nSPS) is 11.7. The monoisotopic (exact) mass is 462 g/mol. The van der Waals surface area contributed by atoms with Gasteiger partial charge in [0, 0.05) is 16.8 Å². The van der Waals surface area contributed by atoms with Gasteiger partial charge in [0.25, 0.3) is 5.91 Å². The van der Waals surface area contributed by atoms with Crippen molar-refractivity contribution in [3.05, 3.63) is 95.6 Å². The first-order valence-corrected chi connectivity index (χ1v) is 10.7. The zero-order valence-corrected chi connectivity index (χ0v) is 17.2. The molecule has 3 rings (SSSR count). The van der Waals surface area contributed by atoms with Gasteiger partial charge in [-0.1, -0.05) is 48.5 Å². The van der Waals surface area contributed by atoms with E-state index in [2.05, 4.69) is 5.32 Å². The van der Waals surface area contributed by atoms with Gasteiger partial charge in [0.1, 0.15) is 6.54 Å². The molecule has 3 aromatic carbocycles. The number of sulfonamides is 1. The standard InChI is InChI=1S/C22H17F3N2O4S/c23-22(24,25)14-26-32(30,31)17-12-10-16(11-13-17)27-21(29)19-9-5-4-8-18(19)20(28)15-6-2-1-3-7-15/h1-13,26H,14H2,(H,27,29). The maximum Gasteiger partial charge on any atom is 0.402 e. The van der Waals surface area contributed by atoms with Gasteiger partial charge in [-0.05, 0) is 30.3 Å². The van der Waals surface area contributed by atoms with Crippen molar-refractivity contribution in [1.29, 1.82) is 0 Å². The lowest BCUT2D eigenvalue weighted by Gasteiger charge is -2.11. The number of benzene rings is 3. The van der Waals surface area contributed by atoms with Crippen molar-refractivity contribution in [2.24, 2.45) is 0 Å². The van der Waals surface area contributed by atoms with Crippen molar-refractivity contribution in [2.45, 2.75) is 11.1 Å². The molecule has 0 aliphatic carbocycles. The van der Waals surface area contributed by atoms with Crippen LogP contribution in [0.25, 0.3) is 0 Å². The molecular formula is C22H17F3N2O4S. The van der Waals surface area contributed by atoms with E-state index in [0.29, 0.717) is 5.56 Å². The van der Waals surface area contributed by atoms with Gasteiger partial charge in [0.15, 0.2) is 5.78 Å². The fraction of sp³-hybridized carbons (Fsp3) is 0.0909. The fourth-order valence-corrected chi connectivity index (χ4v) is 3.81. The van der Waals surface area contributed by atoms with Crippen LogP contribution in [0.2, 0.25) is 0 Å². The van der Waals surface area contributed by atoms with E-state index >= 15 is 0 Å². The maximum absolute atomic E-state index is 12.8. The number of amides is 1. The number of rotatable bonds is 7. The Hall–Kier alpha value is -3.50. The summed E-state index contributed by atoms with van der Waals surface area (Å²) in [5.74, 6) is -0.941. The second kappa shape index (κ2) is 9.33. The van der Waals surface area contributed by atoms with E-state index in [1.807, 2.05) is 0 Å². The molecule has 0 saturated carbocycles. The van der Waals surface area contributed by atoms with Gasteiger partial charge in [0.05, 0.1) is 10.5 Å². The van der Waals surface area contributed by atoms with Gasteiger partial charge in [-0.25, -0.2) is 13.1 Å². The lowest BCUT2D eigenvalue weighted by atomic mass is 9.98. The van der Waals surface area contributed by atoms with E-state index in [9.17, 15) is 31.2 Å². The van der Waals surface area contributed by atoms with E-state index in [1.165, 1.54) is 29.0 Å². The first kappa shape index (κ1) is 23.2. The van der Waals surface area contributed by atoms with Gasteiger partial charge in [-0.3, -0.25) is 9.59 Å². The third-order valence-corrected chi connectivity index (χ3v) is 5.75. The van der Waals surface area contributed by atoms with Gasteiger partial charge in [0.2, 0.25) is 10.0 Å². The van der Waals surface area contributed by atoms with E-state index < -0.39 is 28.7 Å². The molecule has 10 heteroatoms. The van der Waals surface area contributed by atoms with Crippen LogP contribution < -0.4 is 10.0 Å². The number of ketones is 1. The average Bonchev–Trinajstić information content (AvgIpc) is 2.78. The summed E-state index contributed by atoms with van der Waals surface area (Å²) < 4.78 is 62.2. The van der Waals surface area contributed by atoms with Crippen LogP contribution in [0.3, 0.4) is 0 Å². The summed E-state index contributed by atoms with van der Waals surface area (Å²) in [4.78, 5) is 25.1. The molecule has 0 spiro atoms. The van der Waals surface area contributed by atoms with Crippen LogP contribution in [0, 0.1) is 0 Å². The maximum atomic E-state index is 12.8. The number of hydrogen-bond donors (Lipinski definition) is 2. The molecule has 3 aromatic rings. The Balaban J connectivity index is 1.77. The number of halogens is 3. The summed E-state index contributed by atoms with van der Waals surface area (Å²) in [7, 11) is -4.37. The van der Waals surface area contributed by atoms with Crippen LogP contribution >= 0.6 is 0 Å². The molecule has 32 heavy (non-hydrogen) atoms. The molecule has 2 N–H and O–H groups in total. The van der Waals surface area contributed by atoms with Crippen molar-refractivity contribution in [1.82, 2.24) is 4.72 Å². The molecule has 0 aromatic heterocycles. The molecule has 0 fully saturated rings. The Morgan fingerprint density at radius 3 is 1.94 bits per heavy atom. The summed E-state index contributed by atoms with van der Waals surface area (Å²) in [5, 5.41) is 2.55. The van der Waals surface area contributed by atoms with Crippen LogP contribution in [0.15, 0.2) is 83.8 Å². The molecule has 6 nitrogen and oxygen atoms in total. The van der Waals surface area contributed by atoms with Crippen LogP contribution in [0.1, 0.15) is 26.3 Å². The molecule has 0 radical (unpaired) electrons. The topological polar surface area (TPSA) is 92.3 Å². The van der Waals surface area contributed by atoms with Gasteiger partial charge >= 0.3 is 6.18 Å². The van der Waals surface area contributed by atoms with E-state index in [-0.39, 0.29) is 27.5 Å². The third kappa shape index (κ3) is 5.80. The minimum absolute atomic E-state index is 0.116. The van der Waals surface area contributed by atoms with Crippen LogP contribution in [-0.2, 0) is 10.0 Å². The second-order valence-corrected chi connectivity index (χ2v) is 8.43. The Bertz CT molecular complexity index is 1230. The average molecular weight is 462 g/mol. The molecule has 0 heterocycles. The van der Waals surface area contributed by atoms with E-state index in [1.54, 1.807) is 42.5 Å². The molecule has 1 amide bonds. The number of nitrogens with one attached hydrogen (secondary N) is 2. The smallest absolute Gasteiger partial charge is 0.322 e. The van der Waals surface area contributed by atoms with Crippen LogP contribution in [0.5, 0.6) is 0 Å². The summed E-state index contributed by atoms with van der Waals surface area (Å²) in [6.45, 7) is -1.69. The number of anilines is 1. The summed E-state index contributed by atoms with van der Waals surface area (Å²) in [6, 6.07) is 19.2. The van der Waals surface area contributed by atoms with Crippen molar-refractivity contribution in [2.75, 3.05) is 11.9 Å². The minimum Gasteiger partial charge on any atom is -0.322 e. The van der Waals surface area contributed by atoms with Gasteiger partial charge in [-0.15, -0.1) is 0 Å². The van der Waals surface area contributed by atoms with Crippen molar-refractivity contribution < 1.29 is 31.2 Å². The zero-order valence-electron chi connectivity index (χ0n) is 16.4. The lowest BCUT2D eigenvalue weighted by molar-refractivity contribution is -0.121. The van der Waals surface area contributed by atoms with E-state index in [0.717, 1.165) is 12.1 Å². The van der Waals surface area contributed by atoms with Crippen LogP contribution in [-0.4, -0.2) is 32.8 Å². The third-order valence-electron chi connectivity index (χ3n) is 4.34. The molecule has 166 valence electrons. The Morgan fingerprint density at radius 1 is 0.781 bits per heavy atom. The number of carbonyl (C=O) groups is 2. The largest absolute Gasteiger partial charge is 0.402 e. The van der Waals surface area contributed by atoms with Gasteiger partial charge < -0.3 is 5.32 Å². The molecule has 0 unspecified atom stereocenters. The number of alkyl halides is 3. The van der Waals surface area contributed by atoms with Crippen molar-refractivity contribution >= 4 is 27.4 Å². The predicted octanol–water partition coefficient (Wildman–Crippen LogP) is 4.01. The SMILES string of the molecule is O=C(Nc1ccc(S(=O)(=O)NCC(F)(F)F)cc1)c1ccccc1C(=O)c1ccccc1. The molecular weight excluding hydrogens is 445 g/mol. The van der Waals surface area contributed by atoms with Crippen LogP contribution in [0.4, 0.5) is 18.9 Å². The highest BCUT2D eigenvalue weighted by atomic mass is 32.2. The minimum atomic E-state index is -4.69. The summed E-state index contributed by atoms with van der Waals surface area (Å²) in [5.41, 5.74) is 0.914.